The van der Waals surface area contributed by atoms with Crippen LogP contribution in [0.1, 0.15) is 29.6 Å². The zero-order chi connectivity index (χ0) is 17.9. The van der Waals surface area contributed by atoms with Gasteiger partial charge >= 0.3 is 0 Å². The van der Waals surface area contributed by atoms with E-state index in [1.165, 1.54) is 34.8 Å². The molecule has 1 saturated heterocycles. The van der Waals surface area contributed by atoms with Gasteiger partial charge in [-0.15, -0.1) is 21.5 Å². The number of benzene rings is 1. The molecule has 0 aliphatic carbocycles. The molecule has 1 fully saturated rings. The van der Waals surface area contributed by atoms with Gasteiger partial charge in [0.15, 0.2) is 0 Å². The maximum atomic E-state index is 13.0. The highest BCUT2D eigenvalue weighted by molar-refractivity contribution is 7.15. The van der Waals surface area contributed by atoms with Crippen LogP contribution in [0.3, 0.4) is 0 Å². The molecule has 1 N–H and O–H groups in total. The topological polar surface area (TPSA) is 77.0 Å². The Kier molecular flexibility index (Phi) is 5.00. The van der Waals surface area contributed by atoms with Gasteiger partial charge in [-0.1, -0.05) is 11.3 Å². The second-order valence-electron chi connectivity index (χ2n) is 5.82. The molecule has 1 aliphatic heterocycles. The molecule has 0 spiro atoms. The Balaban J connectivity index is 1.37. The fourth-order valence-electron chi connectivity index (χ4n) is 2.63. The fourth-order valence-corrected chi connectivity index (χ4v) is 4.30. The number of anilines is 1. The van der Waals surface area contributed by atoms with Crippen LogP contribution < -0.4 is 5.32 Å². The molecule has 134 valence electrons. The molecule has 1 aromatic carbocycles. The number of nitrogens with zero attached hydrogens (tertiary/aromatic N) is 3. The Morgan fingerprint density at radius 2 is 2.15 bits per heavy atom. The Morgan fingerprint density at radius 3 is 2.92 bits per heavy atom. The number of rotatable bonds is 5. The maximum absolute atomic E-state index is 13.0. The van der Waals surface area contributed by atoms with E-state index in [0.29, 0.717) is 10.8 Å². The summed E-state index contributed by atoms with van der Waals surface area (Å²) >= 11 is 2.76. The Bertz CT molecular complexity index is 904. The summed E-state index contributed by atoms with van der Waals surface area (Å²) in [4.78, 5) is 16.7. The lowest BCUT2D eigenvalue weighted by Gasteiger charge is -2.02. The van der Waals surface area contributed by atoms with E-state index in [9.17, 15) is 9.18 Å². The smallest absolute Gasteiger partial charge is 0.232 e. The van der Waals surface area contributed by atoms with Gasteiger partial charge in [0, 0.05) is 17.6 Å². The summed E-state index contributed by atoms with van der Waals surface area (Å²) in [6.45, 7) is 0.742. The van der Waals surface area contributed by atoms with E-state index in [0.717, 1.165) is 35.0 Å². The highest BCUT2D eigenvalue weighted by Gasteiger charge is 2.22. The third-order valence-electron chi connectivity index (χ3n) is 3.88. The van der Waals surface area contributed by atoms with Gasteiger partial charge in [-0.2, -0.15) is 0 Å². The van der Waals surface area contributed by atoms with Crippen molar-refractivity contribution < 1.29 is 13.9 Å². The van der Waals surface area contributed by atoms with E-state index in [2.05, 4.69) is 20.5 Å². The highest BCUT2D eigenvalue weighted by atomic mass is 32.1. The normalized spacial score (nSPS) is 16.7. The van der Waals surface area contributed by atoms with Gasteiger partial charge in [0.1, 0.15) is 21.9 Å². The molecule has 0 bridgehead atoms. The molecule has 1 atom stereocenters. The van der Waals surface area contributed by atoms with Gasteiger partial charge in [-0.05, 0) is 37.1 Å². The van der Waals surface area contributed by atoms with Crippen LogP contribution in [0.4, 0.5) is 9.52 Å². The molecule has 1 aliphatic rings. The summed E-state index contributed by atoms with van der Waals surface area (Å²) in [5.74, 6) is -0.486. The molecule has 3 heterocycles. The van der Waals surface area contributed by atoms with Gasteiger partial charge in [0.05, 0.1) is 12.1 Å². The monoisotopic (exact) mass is 390 g/mol. The molecule has 0 unspecified atom stereocenters. The number of amides is 1. The highest BCUT2D eigenvalue weighted by Crippen LogP contribution is 2.32. The Hall–Kier alpha value is -2.23. The summed E-state index contributed by atoms with van der Waals surface area (Å²) in [6, 6.07) is 6.13. The van der Waals surface area contributed by atoms with Crippen molar-refractivity contribution in [2.45, 2.75) is 25.4 Å². The van der Waals surface area contributed by atoms with Crippen molar-refractivity contribution >= 4 is 33.7 Å². The number of hydrogen-bond acceptors (Lipinski definition) is 7. The lowest BCUT2D eigenvalue weighted by atomic mass is 10.2. The van der Waals surface area contributed by atoms with Gasteiger partial charge in [0.25, 0.3) is 0 Å². The van der Waals surface area contributed by atoms with Crippen LogP contribution in [0.25, 0.3) is 10.6 Å². The summed E-state index contributed by atoms with van der Waals surface area (Å²) in [6.07, 6.45) is 2.10. The number of ether oxygens (including phenoxy) is 1. The van der Waals surface area contributed by atoms with E-state index >= 15 is 0 Å². The van der Waals surface area contributed by atoms with Crippen LogP contribution in [0.15, 0.2) is 29.6 Å². The number of carbonyl (C=O) groups excluding carboxylic acids is 1. The number of halogens is 1. The van der Waals surface area contributed by atoms with E-state index in [-0.39, 0.29) is 24.2 Å². The third-order valence-corrected chi connectivity index (χ3v) is 5.75. The minimum absolute atomic E-state index is 0.00467. The molecule has 2 aromatic heterocycles. The molecular weight excluding hydrogens is 375 g/mol. The first-order valence-electron chi connectivity index (χ1n) is 8.12. The Labute approximate surface area is 157 Å². The van der Waals surface area contributed by atoms with Crippen molar-refractivity contribution in [3.8, 4) is 10.6 Å². The van der Waals surface area contributed by atoms with Crippen molar-refractivity contribution in [1.29, 1.82) is 0 Å². The molecule has 9 heteroatoms. The number of carbonyl (C=O) groups is 1. The first-order chi connectivity index (χ1) is 12.7. The van der Waals surface area contributed by atoms with Crippen LogP contribution in [0, 0.1) is 5.82 Å². The number of thiazole rings is 1. The molecule has 0 saturated carbocycles. The lowest BCUT2D eigenvalue weighted by Crippen LogP contribution is -2.14. The molecule has 0 radical (unpaired) electrons. The van der Waals surface area contributed by atoms with Gasteiger partial charge in [-0.25, -0.2) is 9.37 Å². The lowest BCUT2D eigenvalue weighted by molar-refractivity contribution is -0.115. The predicted molar refractivity (Wildman–Crippen MR) is 97.7 cm³/mol. The van der Waals surface area contributed by atoms with Crippen molar-refractivity contribution in [1.82, 2.24) is 15.2 Å². The molecule has 6 nitrogen and oxygen atoms in total. The van der Waals surface area contributed by atoms with Crippen molar-refractivity contribution in [2.75, 3.05) is 11.9 Å². The zero-order valence-electron chi connectivity index (χ0n) is 13.6. The third kappa shape index (κ3) is 3.95. The number of aromatic nitrogens is 3. The van der Waals surface area contributed by atoms with E-state index in [1.807, 2.05) is 5.38 Å². The average molecular weight is 390 g/mol. The standard InChI is InChI=1S/C17H15FN4O2S2/c18-11-5-3-10(4-6-11)15-19-12(9-25-15)8-14(23)20-17-22-21-16(26-17)13-2-1-7-24-13/h3-6,9,13H,1-2,7-8H2,(H,20,22,23)/t13-/m1/s1. The summed E-state index contributed by atoms with van der Waals surface area (Å²) in [5, 5.41) is 14.7. The number of nitrogens with one attached hydrogen (secondary N) is 1. The second kappa shape index (κ2) is 7.56. The molecular formula is C17H15FN4O2S2. The SMILES string of the molecule is O=C(Cc1csc(-c2ccc(F)cc2)n1)Nc1nnc([C@H]2CCCO2)s1. The maximum Gasteiger partial charge on any atom is 0.232 e. The van der Waals surface area contributed by atoms with Crippen molar-refractivity contribution in [3.63, 3.8) is 0 Å². The van der Waals surface area contributed by atoms with E-state index < -0.39 is 0 Å². The first-order valence-corrected chi connectivity index (χ1v) is 9.82. The Morgan fingerprint density at radius 1 is 1.31 bits per heavy atom. The van der Waals surface area contributed by atoms with Crippen LogP contribution in [0.2, 0.25) is 0 Å². The van der Waals surface area contributed by atoms with E-state index in [1.54, 1.807) is 12.1 Å². The molecule has 3 aromatic rings. The van der Waals surface area contributed by atoms with Gasteiger partial charge in [-0.3, -0.25) is 4.79 Å². The minimum atomic E-state index is -0.288. The average Bonchev–Trinajstić information content (AvgIpc) is 3.36. The molecule has 1 amide bonds. The summed E-state index contributed by atoms with van der Waals surface area (Å²) in [5.41, 5.74) is 1.49. The van der Waals surface area contributed by atoms with Crippen molar-refractivity contribution in [3.05, 3.63) is 46.2 Å². The first kappa shape index (κ1) is 17.2. The quantitative estimate of drug-likeness (QED) is 0.716. The van der Waals surface area contributed by atoms with E-state index in [4.69, 9.17) is 4.74 Å². The number of hydrogen-bond donors (Lipinski definition) is 1. The fraction of sp³-hybridized carbons (Fsp3) is 0.294. The van der Waals surface area contributed by atoms with Crippen LogP contribution in [-0.4, -0.2) is 27.7 Å². The van der Waals surface area contributed by atoms with Crippen molar-refractivity contribution in [2.24, 2.45) is 0 Å². The minimum Gasteiger partial charge on any atom is -0.371 e. The summed E-state index contributed by atoms with van der Waals surface area (Å²) < 4.78 is 18.6. The summed E-state index contributed by atoms with van der Waals surface area (Å²) in [7, 11) is 0. The molecule has 26 heavy (non-hydrogen) atoms. The molecule has 4 rings (SSSR count). The second-order valence-corrected chi connectivity index (χ2v) is 7.69. The van der Waals surface area contributed by atoms with Crippen LogP contribution in [-0.2, 0) is 16.0 Å². The van der Waals surface area contributed by atoms with Gasteiger partial charge < -0.3 is 10.1 Å². The van der Waals surface area contributed by atoms with Crippen LogP contribution in [0.5, 0.6) is 0 Å². The zero-order valence-corrected chi connectivity index (χ0v) is 15.3. The van der Waals surface area contributed by atoms with Gasteiger partial charge in [0.2, 0.25) is 11.0 Å². The van der Waals surface area contributed by atoms with Crippen LogP contribution >= 0.6 is 22.7 Å². The largest absolute Gasteiger partial charge is 0.371 e. The predicted octanol–water partition coefficient (Wildman–Crippen LogP) is 3.83.